The number of para-hydroxylation sites is 4. The van der Waals surface area contributed by atoms with Crippen molar-refractivity contribution in [2.45, 2.75) is 0 Å². The summed E-state index contributed by atoms with van der Waals surface area (Å²) in [6, 6.07) is 148. The van der Waals surface area contributed by atoms with E-state index in [1.807, 2.05) is 168 Å². The zero-order chi connectivity index (χ0) is 86.0. The fourth-order valence-corrected chi connectivity index (χ4v) is 21.9. The Kier molecular flexibility index (Phi) is 17.8. The highest BCUT2D eigenvalue weighted by atomic mass is 32.1. The lowest BCUT2D eigenvalue weighted by atomic mass is 9.99. The van der Waals surface area contributed by atoms with E-state index in [0.29, 0.717) is 46.1 Å². The summed E-state index contributed by atoms with van der Waals surface area (Å²) in [5, 5.41) is 36.3. The van der Waals surface area contributed by atoms with Crippen LogP contribution in [0.2, 0.25) is 0 Å². The lowest BCUT2D eigenvalue weighted by molar-refractivity contribution is 1.07. The van der Waals surface area contributed by atoms with Crippen LogP contribution in [0.1, 0.15) is 11.1 Å². The Labute approximate surface area is 752 Å². The average molecular weight is 1690 g/mol. The minimum atomic E-state index is 0.489. The van der Waals surface area contributed by atoms with Crippen molar-refractivity contribution in [2.75, 3.05) is 0 Å². The highest BCUT2D eigenvalue weighted by Crippen LogP contribution is 2.49. The van der Waals surface area contributed by atoms with Gasteiger partial charge in [0.2, 0.25) is 0 Å². The van der Waals surface area contributed by atoms with Crippen LogP contribution >= 0.6 is 22.7 Å². The Balaban J connectivity index is 0.000000140. The smallest absolute Gasteiger partial charge is 0.164 e. The molecule has 130 heavy (non-hydrogen) atoms. The summed E-state index contributed by atoms with van der Waals surface area (Å²) in [4.78, 5) is 30.5. The molecule has 0 aliphatic rings. The van der Waals surface area contributed by atoms with Crippen LogP contribution in [-0.2, 0) is 0 Å². The molecule has 0 aliphatic carbocycles. The third kappa shape index (κ3) is 12.2. The fraction of sp³-hybridized carbons (Fsp3) is 0. The van der Waals surface area contributed by atoms with E-state index in [-0.39, 0.29) is 0 Å². The second-order valence-electron chi connectivity index (χ2n) is 32.5. The Morgan fingerprint density at radius 2 is 0.531 bits per heavy atom. The number of nitrogens with zero attached hydrogens (tertiary/aromatic N) is 12. The van der Waals surface area contributed by atoms with E-state index in [1.165, 1.54) is 40.3 Å². The molecule has 0 saturated heterocycles. The summed E-state index contributed by atoms with van der Waals surface area (Å²) in [6.07, 6.45) is 0. The molecule has 8 aromatic heterocycles. The van der Waals surface area contributed by atoms with Gasteiger partial charge in [-0.1, -0.05) is 309 Å². The molecule has 0 unspecified atom stereocenters. The lowest BCUT2D eigenvalue weighted by Gasteiger charge is -2.14. The first-order valence-corrected chi connectivity index (χ1v) is 44.8. The zero-order valence-electron chi connectivity index (χ0n) is 69.4. The first-order valence-electron chi connectivity index (χ1n) is 43.2. The van der Waals surface area contributed by atoms with Crippen molar-refractivity contribution >= 4 is 150 Å². The predicted molar refractivity (Wildman–Crippen MR) is 536 cm³/mol. The Morgan fingerprint density at radius 3 is 0.985 bits per heavy atom. The number of hydrogen-bond acceptors (Lipinski definition) is 10. The van der Waals surface area contributed by atoms with E-state index in [4.69, 9.17) is 29.9 Å². The Hall–Kier alpha value is -17.4. The normalized spacial score (nSPS) is 11.7. The van der Waals surface area contributed by atoms with Gasteiger partial charge in [-0.2, -0.15) is 10.5 Å². The van der Waals surface area contributed by atoms with E-state index in [0.717, 1.165) is 166 Å². The second kappa shape index (κ2) is 30.8. The van der Waals surface area contributed by atoms with Gasteiger partial charge in [0.1, 0.15) is 12.1 Å². The van der Waals surface area contributed by atoms with Crippen LogP contribution in [0.3, 0.4) is 0 Å². The predicted octanol–water partition coefficient (Wildman–Crippen LogP) is 29.9. The SMILES string of the molecule is N#Cc1cc(-c2nc(-c3ccccc3)nc(-c3cccc(-c4ccccc4)c3)n2)ccc1-n1c2ccccc2c2ccc3c(c4ccccc4n3-c3cccc4c3sc3ccccc34)c21.N#Cc1cc(-c2nc(-c3ccccc3)nc(-c3ccccc3-c3ccccc3)n2)ccc1-n1c2ccccc2c2ccc3c(c4ccccc4n3-c3cccc4c3sc3ccccc34)c21. The monoisotopic (exact) mass is 1690 g/mol. The van der Waals surface area contributed by atoms with Gasteiger partial charge in [-0.25, -0.2) is 29.9 Å². The largest absolute Gasteiger partial charge is 0.308 e. The summed E-state index contributed by atoms with van der Waals surface area (Å²) < 4.78 is 14.5. The van der Waals surface area contributed by atoms with Gasteiger partial charge in [0.25, 0.3) is 0 Å². The summed E-state index contributed by atoms with van der Waals surface area (Å²) in [7, 11) is 0. The Morgan fingerprint density at radius 1 is 0.200 bits per heavy atom. The number of benzene rings is 18. The second-order valence-corrected chi connectivity index (χ2v) is 34.6. The van der Waals surface area contributed by atoms with Gasteiger partial charge >= 0.3 is 0 Å². The molecule has 0 aliphatic heterocycles. The van der Waals surface area contributed by atoms with E-state index >= 15 is 0 Å². The number of nitriles is 2. The molecule has 26 aromatic rings. The molecule has 0 saturated carbocycles. The molecule has 0 radical (unpaired) electrons. The lowest BCUT2D eigenvalue weighted by Crippen LogP contribution is -2.02. The number of thiophene rings is 2. The van der Waals surface area contributed by atoms with Crippen molar-refractivity contribution in [3.05, 3.63) is 424 Å². The van der Waals surface area contributed by atoms with Gasteiger partial charge in [-0.05, 0) is 125 Å². The van der Waals surface area contributed by atoms with Gasteiger partial charge in [0.05, 0.1) is 87.4 Å². The number of fused-ring (bicyclic) bond motifs is 20. The molecule has 0 fully saturated rings. The van der Waals surface area contributed by atoms with E-state index < -0.39 is 0 Å². The van der Waals surface area contributed by atoms with Gasteiger partial charge in [0.15, 0.2) is 34.9 Å². The number of hydrogen-bond donors (Lipinski definition) is 0. The molecule has 14 heteroatoms. The summed E-state index contributed by atoms with van der Waals surface area (Å²) in [6.45, 7) is 0. The topological polar surface area (TPSA) is 145 Å². The highest BCUT2D eigenvalue weighted by molar-refractivity contribution is 7.26. The maximum absolute atomic E-state index is 11.1. The summed E-state index contributed by atoms with van der Waals surface area (Å²) in [5.41, 5.74) is 22.8. The van der Waals surface area contributed by atoms with Gasteiger partial charge in [-0.15, -0.1) is 22.7 Å². The van der Waals surface area contributed by atoms with Crippen molar-refractivity contribution < 1.29 is 0 Å². The minimum absolute atomic E-state index is 0.489. The van der Waals surface area contributed by atoms with Crippen molar-refractivity contribution in [1.29, 1.82) is 10.5 Å². The molecule has 0 N–H and O–H groups in total. The third-order valence-electron chi connectivity index (χ3n) is 25.2. The van der Waals surface area contributed by atoms with Gasteiger partial charge in [-0.3, -0.25) is 0 Å². The molecule has 0 bridgehead atoms. The molecule has 18 aromatic carbocycles. The van der Waals surface area contributed by atoms with Crippen molar-refractivity contribution in [2.24, 2.45) is 0 Å². The molecule has 0 spiro atoms. The summed E-state index contributed by atoms with van der Waals surface area (Å²) >= 11 is 3.68. The number of rotatable bonds is 12. The quantitative estimate of drug-likeness (QED) is 0.118. The Bertz CT molecular complexity index is 9230. The average Bonchev–Trinajstić information content (AvgIpc) is 1.54. The third-order valence-corrected chi connectivity index (χ3v) is 27.7. The molecule has 0 atom stereocenters. The van der Waals surface area contributed by atoms with Gasteiger partial charge in [0, 0.05) is 107 Å². The fourth-order valence-electron chi connectivity index (χ4n) is 19.5. The van der Waals surface area contributed by atoms with Crippen LogP contribution in [-0.4, -0.2) is 48.2 Å². The number of aromatic nitrogens is 10. The van der Waals surface area contributed by atoms with Crippen LogP contribution in [0.25, 0.3) is 241 Å². The molecule has 0 amide bonds. The standard InChI is InChI=1S/2C58H34N6S/c59-35-41-34-40(58-61-56(37-17-5-2-6-18-37)60-57(62-58)39-20-13-19-38(33-39)36-15-3-1-4-16-36)29-31-47(41)64-48-25-10-7-21-42(48)44-30-32-50-53(54(44)64)46-23-8-11-26-49(46)63(50)51-27-14-24-45-43-22-9-12-28-52(43)65-55(45)51;59-35-39-34-38(57-60-56(37-18-5-2-6-19-37)61-58(62-57)45-23-8-7-20-40(45)36-16-3-1-4-17-36)30-32-47(39)64-48-26-12-9-21-41(48)43-31-33-50-53(54(43)64)46-24-10-13-27-49(46)63(50)51-28-15-25-44-42-22-11-14-29-52(42)65-55(44)51/h2*1-34H. The van der Waals surface area contributed by atoms with E-state index in [1.54, 1.807) is 0 Å². The maximum atomic E-state index is 11.1. The first-order chi connectivity index (χ1) is 64.4. The van der Waals surface area contributed by atoms with Crippen LogP contribution in [0.5, 0.6) is 0 Å². The van der Waals surface area contributed by atoms with Crippen LogP contribution < -0.4 is 0 Å². The first kappa shape index (κ1) is 75.2. The van der Waals surface area contributed by atoms with Gasteiger partial charge < -0.3 is 18.3 Å². The molecule has 12 nitrogen and oxygen atoms in total. The van der Waals surface area contributed by atoms with Crippen molar-refractivity contribution in [3.63, 3.8) is 0 Å². The maximum Gasteiger partial charge on any atom is 0.164 e. The van der Waals surface area contributed by atoms with Crippen LogP contribution in [0.15, 0.2) is 413 Å². The molecule has 26 rings (SSSR count). The molecular weight excluding hydrogens is 1630 g/mol. The van der Waals surface area contributed by atoms with Crippen molar-refractivity contribution in [3.8, 4) is 125 Å². The van der Waals surface area contributed by atoms with Crippen LogP contribution in [0, 0.1) is 22.7 Å². The molecule has 604 valence electrons. The van der Waals surface area contributed by atoms with E-state index in [9.17, 15) is 10.5 Å². The highest BCUT2D eigenvalue weighted by Gasteiger charge is 2.28. The minimum Gasteiger partial charge on any atom is -0.308 e. The zero-order valence-corrected chi connectivity index (χ0v) is 71.1. The van der Waals surface area contributed by atoms with E-state index in [2.05, 4.69) is 297 Å². The molecule has 8 heterocycles. The van der Waals surface area contributed by atoms with Crippen LogP contribution in [0.4, 0.5) is 0 Å². The summed E-state index contributed by atoms with van der Waals surface area (Å²) in [5.74, 6) is 3.22. The molecular formula is C116H68N12S2. The van der Waals surface area contributed by atoms with Crippen molar-refractivity contribution in [1.82, 2.24) is 48.2 Å².